The van der Waals surface area contributed by atoms with E-state index in [0.29, 0.717) is 0 Å². The van der Waals surface area contributed by atoms with Crippen LogP contribution in [0, 0.1) is 0 Å². The third-order valence-electron chi connectivity index (χ3n) is 4.50. The summed E-state index contributed by atoms with van der Waals surface area (Å²) in [6.07, 6.45) is 29.3. The lowest BCUT2D eigenvalue weighted by Gasteiger charge is -2.03. The van der Waals surface area contributed by atoms with Gasteiger partial charge >= 0.3 is 0 Å². The van der Waals surface area contributed by atoms with E-state index in [0.717, 1.165) is 6.42 Å². The van der Waals surface area contributed by atoms with E-state index in [1.807, 2.05) is 0 Å². The van der Waals surface area contributed by atoms with Gasteiger partial charge in [-0.05, 0) is 18.9 Å². The maximum atomic E-state index is 4.95. The number of unbranched alkanes of at least 4 members (excludes halogenated alkanes) is 16. The Bertz CT molecular complexity index is 244. The Kier molecular flexibility index (Phi) is 20.6. The SMILES string of the molecule is C=COC=CCCCCCCCCCCCCCCCCCC. The van der Waals surface area contributed by atoms with E-state index in [1.165, 1.54) is 109 Å². The fraction of sp³-hybridized carbons (Fsp3) is 0.818. The van der Waals surface area contributed by atoms with Crippen LogP contribution in [-0.2, 0) is 4.74 Å². The van der Waals surface area contributed by atoms with Gasteiger partial charge in [0.05, 0.1) is 12.5 Å². The first-order valence-corrected chi connectivity index (χ1v) is 10.3. The summed E-state index contributed by atoms with van der Waals surface area (Å²) in [5.74, 6) is 0. The van der Waals surface area contributed by atoms with Crippen LogP contribution < -0.4 is 0 Å². The van der Waals surface area contributed by atoms with E-state index in [-0.39, 0.29) is 0 Å². The van der Waals surface area contributed by atoms with E-state index >= 15 is 0 Å². The Morgan fingerprint density at radius 2 is 1.00 bits per heavy atom. The molecule has 0 saturated carbocycles. The molecule has 0 aromatic carbocycles. The molecule has 0 bridgehead atoms. The third-order valence-corrected chi connectivity index (χ3v) is 4.50. The lowest BCUT2D eigenvalue weighted by Crippen LogP contribution is -1.83. The second-order valence-electron chi connectivity index (χ2n) is 6.77. The number of hydrogen-bond acceptors (Lipinski definition) is 1. The average molecular weight is 323 g/mol. The van der Waals surface area contributed by atoms with Gasteiger partial charge in [0.1, 0.15) is 0 Å². The quantitative estimate of drug-likeness (QED) is 0.171. The average Bonchev–Trinajstić information content (AvgIpc) is 2.57. The molecule has 1 heteroatoms. The van der Waals surface area contributed by atoms with Crippen LogP contribution in [-0.4, -0.2) is 0 Å². The maximum Gasteiger partial charge on any atom is 0.0861 e. The molecule has 0 aromatic rings. The molecule has 0 rings (SSSR count). The van der Waals surface area contributed by atoms with Crippen molar-refractivity contribution in [2.24, 2.45) is 0 Å². The van der Waals surface area contributed by atoms with E-state index in [1.54, 1.807) is 6.26 Å². The molecule has 0 N–H and O–H groups in total. The zero-order chi connectivity index (χ0) is 16.8. The summed E-state index contributed by atoms with van der Waals surface area (Å²) in [5, 5.41) is 0. The first-order valence-electron chi connectivity index (χ1n) is 10.3. The fourth-order valence-electron chi connectivity index (χ4n) is 2.99. The van der Waals surface area contributed by atoms with Crippen molar-refractivity contribution in [3.8, 4) is 0 Å². The third kappa shape index (κ3) is 21.3. The van der Waals surface area contributed by atoms with E-state index < -0.39 is 0 Å². The summed E-state index contributed by atoms with van der Waals surface area (Å²) in [5.41, 5.74) is 0. The van der Waals surface area contributed by atoms with Gasteiger partial charge < -0.3 is 4.74 Å². The van der Waals surface area contributed by atoms with Crippen LogP contribution in [0.2, 0.25) is 0 Å². The van der Waals surface area contributed by atoms with Gasteiger partial charge in [-0.15, -0.1) is 0 Å². The highest BCUT2D eigenvalue weighted by molar-refractivity contribution is 4.75. The van der Waals surface area contributed by atoms with Crippen LogP contribution in [0.1, 0.15) is 116 Å². The number of hydrogen-bond donors (Lipinski definition) is 0. The van der Waals surface area contributed by atoms with E-state index in [2.05, 4.69) is 19.6 Å². The minimum atomic E-state index is 1.13. The summed E-state index contributed by atoms with van der Waals surface area (Å²) in [7, 11) is 0. The molecule has 0 unspecified atom stereocenters. The summed E-state index contributed by atoms with van der Waals surface area (Å²) < 4.78 is 4.95. The predicted octanol–water partition coefficient (Wildman–Crippen LogP) is 8.31. The van der Waals surface area contributed by atoms with Crippen molar-refractivity contribution in [2.75, 3.05) is 0 Å². The Morgan fingerprint density at radius 3 is 1.39 bits per heavy atom. The van der Waals surface area contributed by atoms with Crippen LogP contribution in [0.5, 0.6) is 0 Å². The molecular weight excluding hydrogens is 280 g/mol. The Labute approximate surface area is 146 Å². The molecule has 0 amide bonds. The summed E-state index contributed by atoms with van der Waals surface area (Å²) in [4.78, 5) is 0. The Balaban J connectivity index is 2.98. The molecule has 0 aliphatic rings. The minimum absolute atomic E-state index is 1.13. The topological polar surface area (TPSA) is 9.23 Å². The summed E-state index contributed by atoms with van der Waals surface area (Å²) in [6.45, 7) is 5.79. The lowest BCUT2D eigenvalue weighted by molar-refractivity contribution is 0.402. The van der Waals surface area contributed by atoms with Crippen LogP contribution in [0.15, 0.2) is 25.2 Å². The van der Waals surface area contributed by atoms with Gasteiger partial charge in [-0.3, -0.25) is 0 Å². The van der Waals surface area contributed by atoms with Crippen molar-refractivity contribution in [3.63, 3.8) is 0 Å². The maximum absolute atomic E-state index is 4.95. The van der Waals surface area contributed by atoms with Crippen molar-refractivity contribution in [1.29, 1.82) is 0 Å². The molecule has 0 atom stereocenters. The van der Waals surface area contributed by atoms with E-state index in [4.69, 9.17) is 4.74 Å². The fourth-order valence-corrected chi connectivity index (χ4v) is 2.99. The first-order chi connectivity index (χ1) is 11.4. The molecule has 0 spiro atoms. The highest BCUT2D eigenvalue weighted by Crippen LogP contribution is 2.14. The zero-order valence-electron chi connectivity index (χ0n) is 15.9. The van der Waals surface area contributed by atoms with Gasteiger partial charge in [0.2, 0.25) is 0 Å². The second-order valence-corrected chi connectivity index (χ2v) is 6.77. The van der Waals surface area contributed by atoms with Crippen LogP contribution in [0.25, 0.3) is 0 Å². The smallest absolute Gasteiger partial charge is 0.0861 e. The molecular formula is C22H42O. The summed E-state index contributed by atoms with van der Waals surface area (Å²) in [6, 6.07) is 0. The molecule has 0 radical (unpaired) electrons. The normalized spacial score (nSPS) is 11.2. The molecule has 0 heterocycles. The molecule has 0 aliphatic heterocycles. The molecule has 0 fully saturated rings. The number of rotatable bonds is 19. The molecule has 0 aromatic heterocycles. The summed E-state index contributed by atoms with van der Waals surface area (Å²) >= 11 is 0. The monoisotopic (exact) mass is 322 g/mol. The van der Waals surface area contributed by atoms with Crippen molar-refractivity contribution in [2.45, 2.75) is 116 Å². The molecule has 1 nitrogen and oxygen atoms in total. The second kappa shape index (κ2) is 21.3. The van der Waals surface area contributed by atoms with Crippen LogP contribution in [0.4, 0.5) is 0 Å². The number of ether oxygens (including phenoxy) is 1. The van der Waals surface area contributed by atoms with E-state index in [9.17, 15) is 0 Å². The van der Waals surface area contributed by atoms with Gasteiger partial charge in [0.25, 0.3) is 0 Å². The van der Waals surface area contributed by atoms with Crippen molar-refractivity contribution >= 4 is 0 Å². The van der Waals surface area contributed by atoms with Crippen LogP contribution >= 0.6 is 0 Å². The molecule has 0 aliphatic carbocycles. The Hall–Kier alpha value is -0.720. The predicted molar refractivity (Wildman–Crippen MR) is 105 cm³/mol. The largest absolute Gasteiger partial charge is 0.474 e. The van der Waals surface area contributed by atoms with Gasteiger partial charge in [-0.1, -0.05) is 110 Å². The first kappa shape index (κ1) is 22.3. The van der Waals surface area contributed by atoms with Gasteiger partial charge in [0.15, 0.2) is 0 Å². The number of allylic oxidation sites excluding steroid dienone is 1. The van der Waals surface area contributed by atoms with Crippen molar-refractivity contribution in [3.05, 3.63) is 25.2 Å². The van der Waals surface area contributed by atoms with Gasteiger partial charge in [-0.25, -0.2) is 0 Å². The van der Waals surface area contributed by atoms with Crippen LogP contribution in [0.3, 0.4) is 0 Å². The zero-order valence-corrected chi connectivity index (χ0v) is 15.9. The van der Waals surface area contributed by atoms with Crippen molar-refractivity contribution in [1.82, 2.24) is 0 Å². The minimum Gasteiger partial charge on any atom is -0.474 e. The molecule has 23 heavy (non-hydrogen) atoms. The van der Waals surface area contributed by atoms with Gasteiger partial charge in [0, 0.05) is 0 Å². The standard InChI is InChI=1S/C22H42O/c1-3-5-6-7-8-9-10-11-12-13-14-15-16-17-18-19-20-21-22-23-4-2/h4,21-22H,2-3,5-20H2,1H3. The lowest BCUT2D eigenvalue weighted by atomic mass is 10.0. The molecule has 136 valence electrons. The van der Waals surface area contributed by atoms with Gasteiger partial charge in [-0.2, -0.15) is 0 Å². The Morgan fingerprint density at radius 1 is 0.609 bits per heavy atom. The molecule has 0 saturated heterocycles. The van der Waals surface area contributed by atoms with Crippen molar-refractivity contribution < 1.29 is 4.74 Å². The highest BCUT2D eigenvalue weighted by Gasteiger charge is 1.94. The highest BCUT2D eigenvalue weighted by atomic mass is 16.5.